The minimum Gasteiger partial charge on any atom is -0.481 e. The van der Waals surface area contributed by atoms with Crippen molar-refractivity contribution in [3.05, 3.63) is 21.8 Å². The predicted molar refractivity (Wildman–Crippen MR) is 49.4 cm³/mol. The molecule has 6 heteroatoms. The van der Waals surface area contributed by atoms with Crippen LogP contribution in [0.1, 0.15) is 17.6 Å². The molecule has 0 aliphatic heterocycles. The molecule has 1 aromatic rings. The van der Waals surface area contributed by atoms with Crippen molar-refractivity contribution < 1.29 is 18.6 Å². The van der Waals surface area contributed by atoms with Crippen LogP contribution in [0.3, 0.4) is 0 Å². The number of ether oxygens (including phenoxy) is 1. The van der Waals surface area contributed by atoms with Crippen molar-refractivity contribution in [1.29, 1.82) is 0 Å². The summed E-state index contributed by atoms with van der Waals surface area (Å²) < 4.78 is 29.9. The monoisotopic (exact) mass is 267 g/mol. The van der Waals surface area contributed by atoms with Gasteiger partial charge in [-0.1, -0.05) is 0 Å². The molecule has 14 heavy (non-hydrogen) atoms. The highest BCUT2D eigenvalue weighted by Crippen LogP contribution is 2.35. The first kappa shape index (κ1) is 11.3. The number of rotatable bonds is 3. The fourth-order valence-electron chi connectivity index (χ4n) is 0.992. The van der Waals surface area contributed by atoms with E-state index in [4.69, 9.17) is 5.11 Å². The summed E-state index contributed by atoms with van der Waals surface area (Å²) in [5.41, 5.74) is -0.0276. The zero-order valence-electron chi connectivity index (χ0n) is 7.30. The van der Waals surface area contributed by atoms with E-state index in [0.29, 0.717) is 5.56 Å². The number of halogens is 3. The van der Waals surface area contributed by atoms with Gasteiger partial charge >= 0.3 is 0 Å². The fraction of sp³-hybridized carbons (Fsp3) is 0.375. The molecule has 0 saturated carbocycles. The van der Waals surface area contributed by atoms with Gasteiger partial charge in [0.25, 0.3) is 6.43 Å². The Kier molecular flexibility index (Phi) is 3.77. The van der Waals surface area contributed by atoms with Crippen LogP contribution in [0.15, 0.2) is 10.7 Å². The van der Waals surface area contributed by atoms with Crippen LogP contribution in [0, 0.1) is 0 Å². The van der Waals surface area contributed by atoms with E-state index in [1.165, 1.54) is 13.3 Å². The Labute approximate surface area is 87.9 Å². The molecule has 78 valence electrons. The smallest absolute Gasteiger partial charge is 0.270 e. The summed E-state index contributed by atoms with van der Waals surface area (Å²) >= 11 is 2.97. The third-order valence-electron chi connectivity index (χ3n) is 1.67. The summed E-state index contributed by atoms with van der Waals surface area (Å²) in [7, 11) is 1.26. The lowest BCUT2D eigenvalue weighted by atomic mass is 10.2. The average molecular weight is 268 g/mol. The van der Waals surface area contributed by atoms with Gasteiger partial charge in [0.2, 0.25) is 5.88 Å². The van der Waals surface area contributed by atoms with Crippen molar-refractivity contribution in [2.24, 2.45) is 0 Å². The van der Waals surface area contributed by atoms with E-state index < -0.39 is 6.43 Å². The largest absolute Gasteiger partial charge is 0.481 e. The number of hydrogen-bond donors (Lipinski definition) is 1. The number of nitrogens with zero attached hydrogens (tertiary/aromatic N) is 1. The van der Waals surface area contributed by atoms with Crippen LogP contribution in [0.25, 0.3) is 0 Å². The Bertz CT molecular complexity index is 333. The van der Waals surface area contributed by atoms with E-state index in [9.17, 15) is 8.78 Å². The first-order chi connectivity index (χ1) is 6.61. The number of aliphatic hydroxyl groups is 1. The summed E-state index contributed by atoms with van der Waals surface area (Å²) in [5, 5.41) is 8.83. The number of aliphatic hydroxyl groups excluding tert-OH is 1. The van der Waals surface area contributed by atoms with Crippen molar-refractivity contribution in [2.45, 2.75) is 13.0 Å². The highest BCUT2D eigenvalue weighted by Gasteiger charge is 2.21. The second-order valence-electron chi connectivity index (χ2n) is 2.48. The molecule has 1 heterocycles. The predicted octanol–water partition coefficient (Wildman–Crippen LogP) is 2.28. The highest BCUT2D eigenvalue weighted by molar-refractivity contribution is 9.10. The lowest BCUT2D eigenvalue weighted by molar-refractivity contribution is 0.144. The number of alkyl halides is 2. The minimum absolute atomic E-state index is 0.135. The molecule has 0 aliphatic rings. The van der Waals surface area contributed by atoms with Crippen molar-refractivity contribution >= 4 is 15.9 Å². The molecular formula is C8H8BrF2NO2. The Morgan fingerprint density at radius 2 is 2.29 bits per heavy atom. The van der Waals surface area contributed by atoms with Crippen molar-refractivity contribution in [1.82, 2.24) is 4.98 Å². The zero-order valence-corrected chi connectivity index (χ0v) is 8.88. The molecule has 0 fully saturated rings. The molecule has 0 bridgehead atoms. The van der Waals surface area contributed by atoms with E-state index in [1.807, 2.05) is 0 Å². The van der Waals surface area contributed by atoms with Crippen LogP contribution in [0.2, 0.25) is 0 Å². The second kappa shape index (κ2) is 4.65. The van der Waals surface area contributed by atoms with Crippen molar-refractivity contribution in [3.63, 3.8) is 0 Å². The normalized spacial score (nSPS) is 10.7. The molecule has 3 nitrogen and oxygen atoms in total. The fourth-order valence-corrected chi connectivity index (χ4v) is 1.56. The van der Waals surface area contributed by atoms with Gasteiger partial charge in [-0.2, -0.15) is 0 Å². The molecule has 0 aliphatic carbocycles. The number of methoxy groups -OCH3 is 1. The van der Waals surface area contributed by atoms with Crippen LogP contribution in [0.5, 0.6) is 5.88 Å². The van der Waals surface area contributed by atoms with E-state index in [2.05, 4.69) is 25.7 Å². The molecule has 0 radical (unpaired) electrons. The summed E-state index contributed by atoms with van der Waals surface area (Å²) in [6.45, 7) is -0.350. The third-order valence-corrected chi connectivity index (χ3v) is 2.60. The molecule has 0 amide bonds. The summed E-state index contributed by atoms with van der Waals surface area (Å²) in [5.74, 6) is -0.135. The molecule has 0 unspecified atom stereocenters. The maximum absolute atomic E-state index is 12.6. The second-order valence-corrected chi connectivity index (χ2v) is 3.27. The molecule has 1 rings (SSSR count). The molecule has 0 aromatic carbocycles. The van der Waals surface area contributed by atoms with E-state index >= 15 is 0 Å². The van der Waals surface area contributed by atoms with Crippen LogP contribution in [-0.4, -0.2) is 17.2 Å². The molecule has 0 saturated heterocycles. The number of aromatic nitrogens is 1. The topological polar surface area (TPSA) is 42.4 Å². The Balaban J connectivity index is 3.31. The van der Waals surface area contributed by atoms with Gasteiger partial charge in [0.05, 0.1) is 19.3 Å². The van der Waals surface area contributed by atoms with Gasteiger partial charge in [0, 0.05) is 16.2 Å². The molecule has 0 spiro atoms. The van der Waals surface area contributed by atoms with Gasteiger partial charge in [0.1, 0.15) is 0 Å². The van der Waals surface area contributed by atoms with Crippen molar-refractivity contribution in [3.8, 4) is 5.88 Å². The van der Waals surface area contributed by atoms with E-state index in [1.54, 1.807) is 0 Å². The van der Waals surface area contributed by atoms with Gasteiger partial charge in [-0.05, 0) is 15.9 Å². The summed E-state index contributed by atoms with van der Waals surface area (Å²) in [6.07, 6.45) is -1.41. The maximum Gasteiger partial charge on any atom is 0.270 e. The van der Waals surface area contributed by atoms with Gasteiger partial charge < -0.3 is 9.84 Å². The maximum atomic E-state index is 12.6. The number of hydrogen-bond acceptors (Lipinski definition) is 3. The van der Waals surface area contributed by atoms with E-state index in [-0.39, 0.29) is 22.5 Å². The first-order valence-corrected chi connectivity index (χ1v) is 4.51. The van der Waals surface area contributed by atoms with Crippen LogP contribution >= 0.6 is 15.9 Å². The van der Waals surface area contributed by atoms with Crippen LogP contribution in [0.4, 0.5) is 8.78 Å². The van der Waals surface area contributed by atoms with Gasteiger partial charge in [-0.25, -0.2) is 13.8 Å². The Morgan fingerprint density at radius 3 is 2.71 bits per heavy atom. The third kappa shape index (κ3) is 2.01. The average Bonchev–Trinajstić information content (AvgIpc) is 2.16. The van der Waals surface area contributed by atoms with Gasteiger partial charge in [0.15, 0.2) is 0 Å². The van der Waals surface area contributed by atoms with Gasteiger partial charge in [-0.15, -0.1) is 0 Å². The number of pyridine rings is 1. The van der Waals surface area contributed by atoms with E-state index in [0.717, 1.165) is 0 Å². The zero-order chi connectivity index (χ0) is 10.7. The molecular weight excluding hydrogens is 260 g/mol. The highest BCUT2D eigenvalue weighted by atomic mass is 79.9. The summed E-state index contributed by atoms with van der Waals surface area (Å²) in [6, 6.07) is 0. The molecule has 0 atom stereocenters. The molecule has 1 N–H and O–H groups in total. The lowest BCUT2D eigenvalue weighted by Crippen LogP contribution is -2.00. The first-order valence-electron chi connectivity index (χ1n) is 3.72. The van der Waals surface area contributed by atoms with Crippen LogP contribution < -0.4 is 4.74 Å². The summed E-state index contributed by atoms with van der Waals surface area (Å²) in [4.78, 5) is 3.66. The van der Waals surface area contributed by atoms with Gasteiger partial charge in [-0.3, -0.25) is 0 Å². The molecule has 1 aromatic heterocycles. The van der Waals surface area contributed by atoms with Crippen molar-refractivity contribution in [2.75, 3.05) is 7.11 Å². The Hall–Kier alpha value is -0.750. The quantitative estimate of drug-likeness (QED) is 0.914. The Morgan fingerprint density at radius 1 is 1.64 bits per heavy atom. The SMILES string of the molecule is COc1ncc(CO)c(Br)c1C(F)F. The standard InChI is InChI=1S/C8H8BrF2NO2/c1-14-8-5(7(10)11)6(9)4(3-13)2-12-8/h2,7,13H,3H2,1H3. The minimum atomic E-state index is -2.70. The lowest BCUT2D eigenvalue weighted by Gasteiger charge is -2.10. The van der Waals surface area contributed by atoms with Crippen LogP contribution in [-0.2, 0) is 6.61 Å².